The molecule has 0 N–H and O–H groups in total. The summed E-state index contributed by atoms with van der Waals surface area (Å²) in [4.78, 5) is 14.2. The molecule has 1 unspecified atom stereocenters. The number of benzene rings is 2. The molecule has 2 aromatic rings. The fraction of sp³-hybridized carbons (Fsp3) is 0.278. The zero-order chi connectivity index (χ0) is 17.1. The molecule has 126 valence electrons. The van der Waals surface area contributed by atoms with Gasteiger partial charge in [-0.3, -0.25) is 4.79 Å². The van der Waals surface area contributed by atoms with Crippen LogP contribution >= 0.6 is 23.4 Å². The monoisotopic (exact) mass is 363 g/mol. The number of ether oxygens (including phenoxy) is 2. The average Bonchev–Trinajstić information content (AvgIpc) is 2.96. The topological polar surface area (TPSA) is 38.8 Å². The second-order valence-electron chi connectivity index (χ2n) is 5.38. The van der Waals surface area contributed by atoms with Crippen molar-refractivity contribution in [2.24, 2.45) is 0 Å². The maximum Gasteiger partial charge on any atom is 0.234 e. The summed E-state index contributed by atoms with van der Waals surface area (Å²) in [5.41, 5.74) is 1.90. The third kappa shape index (κ3) is 3.32. The van der Waals surface area contributed by atoms with Crippen LogP contribution in [0.1, 0.15) is 16.5 Å². The first kappa shape index (κ1) is 17.0. The zero-order valence-electron chi connectivity index (χ0n) is 13.5. The molecule has 0 radical (unpaired) electrons. The molecule has 6 heteroatoms. The van der Waals surface area contributed by atoms with Gasteiger partial charge in [-0.2, -0.15) is 0 Å². The molecular formula is C18H18ClNO3S. The highest BCUT2D eigenvalue weighted by Gasteiger charge is 2.34. The van der Waals surface area contributed by atoms with Crippen LogP contribution < -0.4 is 9.47 Å². The predicted octanol–water partition coefficient (Wildman–Crippen LogP) is 4.13. The van der Waals surface area contributed by atoms with Crippen molar-refractivity contribution in [2.45, 2.75) is 11.9 Å². The van der Waals surface area contributed by atoms with Crippen molar-refractivity contribution in [3.05, 3.63) is 58.6 Å². The van der Waals surface area contributed by atoms with Crippen LogP contribution in [0, 0.1) is 0 Å². The van der Waals surface area contributed by atoms with Crippen molar-refractivity contribution in [1.29, 1.82) is 0 Å². The Labute approximate surface area is 150 Å². The molecule has 24 heavy (non-hydrogen) atoms. The van der Waals surface area contributed by atoms with Crippen LogP contribution in [0.2, 0.25) is 5.02 Å². The predicted molar refractivity (Wildman–Crippen MR) is 96.7 cm³/mol. The second-order valence-corrected chi connectivity index (χ2v) is 6.86. The molecule has 0 aliphatic carbocycles. The third-order valence-electron chi connectivity index (χ3n) is 3.97. The first-order valence-electron chi connectivity index (χ1n) is 7.50. The fourth-order valence-electron chi connectivity index (χ4n) is 2.72. The van der Waals surface area contributed by atoms with Gasteiger partial charge in [0.25, 0.3) is 0 Å². The van der Waals surface area contributed by atoms with Crippen LogP contribution in [0.15, 0.2) is 42.5 Å². The lowest BCUT2D eigenvalue weighted by Crippen LogP contribution is -2.28. The molecule has 1 atom stereocenters. The summed E-state index contributed by atoms with van der Waals surface area (Å²) in [6, 6.07) is 13.3. The minimum Gasteiger partial charge on any atom is -0.497 e. The first-order chi connectivity index (χ1) is 11.6. The lowest BCUT2D eigenvalue weighted by molar-refractivity contribution is -0.128. The molecule has 2 aromatic carbocycles. The number of halogens is 1. The van der Waals surface area contributed by atoms with Gasteiger partial charge in [-0.1, -0.05) is 29.8 Å². The lowest BCUT2D eigenvalue weighted by atomic mass is 10.1. The molecule has 1 amide bonds. The van der Waals surface area contributed by atoms with E-state index in [2.05, 4.69) is 0 Å². The van der Waals surface area contributed by atoms with Crippen LogP contribution in [-0.4, -0.2) is 30.8 Å². The van der Waals surface area contributed by atoms with Crippen LogP contribution in [-0.2, 0) is 11.3 Å². The third-order valence-corrected chi connectivity index (χ3v) is 5.56. The number of hydrogen-bond donors (Lipinski definition) is 0. The van der Waals surface area contributed by atoms with Crippen LogP contribution in [0.3, 0.4) is 0 Å². The smallest absolute Gasteiger partial charge is 0.234 e. The van der Waals surface area contributed by atoms with Crippen molar-refractivity contribution in [1.82, 2.24) is 4.90 Å². The lowest BCUT2D eigenvalue weighted by Gasteiger charge is -2.26. The molecule has 0 bridgehead atoms. The van der Waals surface area contributed by atoms with E-state index in [9.17, 15) is 4.79 Å². The summed E-state index contributed by atoms with van der Waals surface area (Å²) >= 11 is 7.92. The van der Waals surface area contributed by atoms with E-state index in [-0.39, 0.29) is 11.3 Å². The van der Waals surface area contributed by atoms with Crippen molar-refractivity contribution in [3.63, 3.8) is 0 Å². The molecule has 1 fully saturated rings. The van der Waals surface area contributed by atoms with Gasteiger partial charge < -0.3 is 14.4 Å². The van der Waals surface area contributed by atoms with Crippen molar-refractivity contribution in [2.75, 3.05) is 20.0 Å². The van der Waals surface area contributed by atoms with Crippen molar-refractivity contribution in [3.8, 4) is 11.5 Å². The van der Waals surface area contributed by atoms with Gasteiger partial charge in [0.2, 0.25) is 5.91 Å². The second kappa shape index (κ2) is 7.36. The standard InChI is InChI=1S/C18H18ClNO3S/c1-22-13-8-7-12(16(9-13)23-2)10-20-17(21)11-24-18(20)14-5-3-4-6-15(14)19/h3-9,18H,10-11H2,1-2H3. The Kier molecular flexibility index (Phi) is 5.21. The Balaban J connectivity index is 1.90. The molecule has 0 spiro atoms. The molecule has 0 aromatic heterocycles. The highest BCUT2D eigenvalue weighted by atomic mass is 35.5. The van der Waals surface area contributed by atoms with Gasteiger partial charge in [0.1, 0.15) is 16.9 Å². The molecule has 0 saturated carbocycles. The molecular weight excluding hydrogens is 346 g/mol. The van der Waals surface area contributed by atoms with Gasteiger partial charge in [-0.15, -0.1) is 11.8 Å². The number of hydrogen-bond acceptors (Lipinski definition) is 4. The van der Waals surface area contributed by atoms with Crippen molar-refractivity contribution >= 4 is 29.3 Å². The van der Waals surface area contributed by atoms with Gasteiger partial charge in [0, 0.05) is 22.2 Å². The molecule has 1 aliphatic rings. The minimum atomic E-state index is -0.0852. The molecule has 1 aliphatic heterocycles. The Morgan fingerprint density at radius 3 is 2.71 bits per heavy atom. The van der Waals surface area contributed by atoms with Gasteiger partial charge in [0.15, 0.2) is 0 Å². The van der Waals surface area contributed by atoms with E-state index in [0.29, 0.717) is 23.1 Å². The quantitative estimate of drug-likeness (QED) is 0.800. The molecule has 3 rings (SSSR count). The zero-order valence-corrected chi connectivity index (χ0v) is 15.1. The number of thioether (sulfide) groups is 1. The summed E-state index contributed by atoms with van der Waals surface area (Å²) in [5, 5.41) is 0.592. The van der Waals surface area contributed by atoms with E-state index >= 15 is 0 Å². The van der Waals surface area contributed by atoms with E-state index in [1.165, 1.54) is 0 Å². The summed E-state index contributed by atoms with van der Waals surface area (Å²) in [6.45, 7) is 0.467. The Bertz CT molecular complexity index is 753. The summed E-state index contributed by atoms with van der Waals surface area (Å²) < 4.78 is 10.7. The Morgan fingerprint density at radius 2 is 2.00 bits per heavy atom. The van der Waals surface area contributed by atoms with E-state index in [4.69, 9.17) is 21.1 Å². The van der Waals surface area contributed by atoms with E-state index in [0.717, 1.165) is 16.9 Å². The van der Waals surface area contributed by atoms with E-state index < -0.39 is 0 Å². The van der Waals surface area contributed by atoms with E-state index in [1.807, 2.05) is 47.4 Å². The fourth-order valence-corrected chi connectivity index (χ4v) is 4.25. The van der Waals surface area contributed by atoms with Gasteiger partial charge in [0.05, 0.1) is 26.5 Å². The Morgan fingerprint density at radius 1 is 1.21 bits per heavy atom. The van der Waals surface area contributed by atoms with Crippen molar-refractivity contribution < 1.29 is 14.3 Å². The highest BCUT2D eigenvalue weighted by molar-refractivity contribution is 8.00. The van der Waals surface area contributed by atoms with E-state index in [1.54, 1.807) is 26.0 Å². The number of carbonyl (C=O) groups is 1. The number of nitrogens with zero attached hydrogens (tertiary/aromatic N) is 1. The number of rotatable bonds is 5. The number of amides is 1. The molecule has 1 heterocycles. The average molecular weight is 364 g/mol. The molecule has 4 nitrogen and oxygen atoms in total. The van der Waals surface area contributed by atoms with Gasteiger partial charge in [-0.25, -0.2) is 0 Å². The summed E-state index contributed by atoms with van der Waals surface area (Å²) in [7, 11) is 3.23. The number of methoxy groups -OCH3 is 2. The normalized spacial score (nSPS) is 17.2. The van der Waals surface area contributed by atoms with Crippen LogP contribution in [0.5, 0.6) is 11.5 Å². The maximum absolute atomic E-state index is 12.4. The maximum atomic E-state index is 12.4. The van der Waals surface area contributed by atoms with Crippen LogP contribution in [0.25, 0.3) is 0 Å². The molecule has 1 saturated heterocycles. The van der Waals surface area contributed by atoms with Crippen LogP contribution in [0.4, 0.5) is 0 Å². The SMILES string of the molecule is COc1ccc(CN2C(=O)CSC2c2ccccc2Cl)c(OC)c1. The van der Waals surface area contributed by atoms with Gasteiger partial charge >= 0.3 is 0 Å². The van der Waals surface area contributed by atoms with Gasteiger partial charge in [-0.05, 0) is 18.2 Å². The summed E-state index contributed by atoms with van der Waals surface area (Å²) in [5.74, 6) is 1.98. The largest absolute Gasteiger partial charge is 0.497 e. The number of carbonyl (C=O) groups excluding carboxylic acids is 1. The first-order valence-corrected chi connectivity index (χ1v) is 8.93. The summed E-state index contributed by atoms with van der Waals surface area (Å²) in [6.07, 6.45) is 0. The minimum absolute atomic E-state index is 0.0852. The highest BCUT2D eigenvalue weighted by Crippen LogP contribution is 2.42. The Hall–Kier alpha value is -1.85.